The van der Waals surface area contributed by atoms with Gasteiger partial charge in [0, 0.05) is 22.7 Å². The van der Waals surface area contributed by atoms with E-state index in [1.165, 1.54) is 0 Å². The molecule has 0 aliphatic carbocycles. The molecule has 7 heteroatoms. The molecule has 30 heavy (non-hydrogen) atoms. The topological polar surface area (TPSA) is 80.3 Å². The Kier molecular flexibility index (Phi) is 7.03. The van der Waals surface area contributed by atoms with E-state index in [2.05, 4.69) is 5.32 Å². The molecule has 0 saturated heterocycles. The zero-order chi connectivity index (χ0) is 21.6. The van der Waals surface area contributed by atoms with Crippen molar-refractivity contribution in [2.45, 2.75) is 11.3 Å². The summed E-state index contributed by atoms with van der Waals surface area (Å²) in [5, 5.41) is 3.22. The summed E-state index contributed by atoms with van der Waals surface area (Å²) >= 11 is 5.87. The maximum atomic E-state index is 12.8. The van der Waals surface area contributed by atoms with E-state index in [1.807, 2.05) is 0 Å². The van der Waals surface area contributed by atoms with Crippen molar-refractivity contribution in [1.82, 2.24) is 5.32 Å². The second-order valence-corrected chi connectivity index (χ2v) is 9.17. The number of rotatable bonds is 8. The molecule has 0 fully saturated rings. The second-order valence-electron chi connectivity index (χ2n) is 6.62. The highest BCUT2D eigenvalue weighted by atomic mass is 35.5. The van der Waals surface area contributed by atoms with Crippen LogP contribution in [0.3, 0.4) is 0 Å². The van der Waals surface area contributed by atoms with Gasteiger partial charge in [0.25, 0.3) is 5.91 Å². The molecule has 0 saturated carbocycles. The molecule has 0 radical (unpaired) electrons. The van der Waals surface area contributed by atoms with Gasteiger partial charge < -0.3 is 5.32 Å². The molecule has 1 N–H and O–H groups in total. The third kappa shape index (κ3) is 5.34. The molecule has 0 unspecified atom stereocenters. The van der Waals surface area contributed by atoms with Crippen LogP contribution in [0.2, 0.25) is 5.02 Å². The molecule has 3 aromatic carbocycles. The van der Waals surface area contributed by atoms with Crippen molar-refractivity contribution in [2.24, 2.45) is 0 Å². The van der Waals surface area contributed by atoms with Gasteiger partial charge in [-0.1, -0.05) is 48.0 Å². The SMILES string of the molecule is O=C(NCCCS(=O)(=O)c1ccccc1)c1ccccc1C(=O)c1ccc(Cl)cc1. The summed E-state index contributed by atoms with van der Waals surface area (Å²) in [7, 11) is -3.40. The Hall–Kier alpha value is -2.96. The lowest BCUT2D eigenvalue weighted by molar-refractivity contribution is 0.0942. The highest BCUT2D eigenvalue weighted by molar-refractivity contribution is 7.91. The number of ketones is 1. The van der Waals surface area contributed by atoms with Crippen molar-refractivity contribution in [2.75, 3.05) is 12.3 Å². The molecule has 0 bridgehead atoms. The average Bonchev–Trinajstić information content (AvgIpc) is 2.77. The van der Waals surface area contributed by atoms with Crippen molar-refractivity contribution in [1.29, 1.82) is 0 Å². The van der Waals surface area contributed by atoms with E-state index in [0.717, 1.165) is 0 Å². The predicted molar refractivity (Wildman–Crippen MR) is 117 cm³/mol. The molecule has 5 nitrogen and oxygen atoms in total. The minimum atomic E-state index is -3.40. The van der Waals surface area contributed by atoms with Gasteiger partial charge in [0.1, 0.15) is 0 Å². The number of hydrogen-bond donors (Lipinski definition) is 1. The first-order valence-corrected chi connectivity index (χ1v) is 11.4. The van der Waals surface area contributed by atoms with Crippen LogP contribution >= 0.6 is 11.6 Å². The molecule has 154 valence electrons. The number of benzene rings is 3. The van der Waals surface area contributed by atoms with Crippen LogP contribution in [0.25, 0.3) is 0 Å². The minimum absolute atomic E-state index is 0.0807. The van der Waals surface area contributed by atoms with Crippen molar-refractivity contribution in [3.63, 3.8) is 0 Å². The average molecular weight is 442 g/mol. The van der Waals surface area contributed by atoms with Crippen LogP contribution in [-0.2, 0) is 9.84 Å². The molecule has 0 atom stereocenters. The third-order valence-corrected chi connectivity index (χ3v) is 6.57. The van der Waals surface area contributed by atoms with Crippen molar-refractivity contribution < 1.29 is 18.0 Å². The Bertz CT molecular complexity index is 1140. The van der Waals surface area contributed by atoms with E-state index in [4.69, 9.17) is 11.6 Å². The fourth-order valence-corrected chi connectivity index (χ4v) is 4.40. The monoisotopic (exact) mass is 441 g/mol. The first-order valence-electron chi connectivity index (χ1n) is 9.34. The molecule has 3 rings (SSSR count). The van der Waals surface area contributed by atoms with Gasteiger partial charge in [0.05, 0.1) is 16.2 Å². The largest absolute Gasteiger partial charge is 0.352 e. The first kappa shape index (κ1) is 21.7. The summed E-state index contributed by atoms with van der Waals surface area (Å²) in [6.07, 6.45) is 0.260. The normalized spacial score (nSPS) is 11.1. The molecule has 0 aliphatic heterocycles. The number of nitrogens with one attached hydrogen (secondary N) is 1. The summed E-state index contributed by atoms with van der Waals surface area (Å²) in [5.74, 6) is -0.795. The van der Waals surface area contributed by atoms with E-state index >= 15 is 0 Å². The van der Waals surface area contributed by atoms with Gasteiger partial charge in [-0.05, 0) is 48.9 Å². The van der Waals surface area contributed by atoms with Crippen LogP contribution in [0.5, 0.6) is 0 Å². The summed E-state index contributed by atoms with van der Waals surface area (Å²) in [4.78, 5) is 25.7. The Balaban J connectivity index is 1.64. The fourth-order valence-electron chi connectivity index (χ4n) is 2.94. The van der Waals surface area contributed by atoms with Crippen LogP contribution < -0.4 is 5.32 Å². The van der Waals surface area contributed by atoms with Crippen LogP contribution in [0, 0.1) is 0 Å². The standard InChI is InChI=1S/C23H20ClNO4S/c24-18-13-11-17(12-14-18)22(26)20-9-4-5-10-21(20)23(27)25-15-6-16-30(28,29)19-7-2-1-3-8-19/h1-5,7-14H,6,15-16H2,(H,25,27). The van der Waals surface area contributed by atoms with E-state index < -0.39 is 15.7 Å². The Labute approximate surface area is 180 Å². The van der Waals surface area contributed by atoms with Crippen molar-refractivity contribution in [3.05, 3.63) is 101 Å². The maximum Gasteiger partial charge on any atom is 0.252 e. The highest BCUT2D eigenvalue weighted by Gasteiger charge is 2.18. The zero-order valence-electron chi connectivity index (χ0n) is 16.0. The molecule has 1 amide bonds. The van der Waals surface area contributed by atoms with Crippen LogP contribution in [-0.4, -0.2) is 32.4 Å². The summed E-state index contributed by atoms with van der Waals surface area (Å²) < 4.78 is 24.6. The van der Waals surface area contributed by atoms with Gasteiger partial charge in [-0.3, -0.25) is 9.59 Å². The first-order chi connectivity index (χ1) is 14.4. The molecule has 0 aromatic heterocycles. The van der Waals surface area contributed by atoms with Crippen LogP contribution in [0.1, 0.15) is 32.7 Å². The number of carbonyl (C=O) groups is 2. The molecule has 0 aliphatic rings. The molecule has 0 spiro atoms. The van der Waals surface area contributed by atoms with E-state index in [-0.39, 0.29) is 40.5 Å². The van der Waals surface area contributed by atoms with Gasteiger partial charge in [-0.2, -0.15) is 0 Å². The Morgan fingerprint density at radius 1 is 0.800 bits per heavy atom. The summed E-state index contributed by atoms with van der Waals surface area (Å²) in [6.45, 7) is 0.175. The van der Waals surface area contributed by atoms with Crippen LogP contribution in [0.15, 0.2) is 83.8 Å². The smallest absolute Gasteiger partial charge is 0.252 e. The Morgan fingerprint density at radius 2 is 1.40 bits per heavy atom. The lowest BCUT2D eigenvalue weighted by Gasteiger charge is -2.10. The van der Waals surface area contributed by atoms with E-state index in [9.17, 15) is 18.0 Å². The number of halogens is 1. The number of carbonyl (C=O) groups excluding carboxylic acids is 2. The molecular weight excluding hydrogens is 422 g/mol. The van der Waals surface area contributed by atoms with Crippen LogP contribution in [0.4, 0.5) is 0 Å². The minimum Gasteiger partial charge on any atom is -0.352 e. The van der Waals surface area contributed by atoms with Gasteiger partial charge >= 0.3 is 0 Å². The quantitative estimate of drug-likeness (QED) is 0.420. The zero-order valence-corrected chi connectivity index (χ0v) is 17.6. The highest BCUT2D eigenvalue weighted by Crippen LogP contribution is 2.17. The molecule has 0 heterocycles. The summed E-state index contributed by atoms with van der Waals surface area (Å²) in [6, 6.07) is 21.1. The van der Waals surface area contributed by atoms with Crippen molar-refractivity contribution in [3.8, 4) is 0 Å². The Morgan fingerprint density at radius 3 is 2.07 bits per heavy atom. The summed E-state index contributed by atoms with van der Waals surface area (Å²) in [5.41, 5.74) is 0.936. The fraction of sp³-hybridized carbons (Fsp3) is 0.130. The van der Waals surface area contributed by atoms with Gasteiger partial charge in [-0.25, -0.2) is 8.42 Å². The third-order valence-electron chi connectivity index (χ3n) is 4.50. The van der Waals surface area contributed by atoms with Gasteiger partial charge in [0.15, 0.2) is 15.6 Å². The lowest BCUT2D eigenvalue weighted by atomic mass is 9.98. The number of amides is 1. The number of hydrogen-bond acceptors (Lipinski definition) is 4. The predicted octanol–water partition coefficient (Wildman–Crippen LogP) is 4.16. The van der Waals surface area contributed by atoms with E-state index in [1.54, 1.807) is 78.9 Å². The maximum absolute atomic E-state index is 12.8. The van der Waals surface area contributed by atoms with Gasteiger partial charge in [0.2, 0.25) is 0 Å². The second kappa shape index (κ2) is 9.69. The van der Waals surface area contributed by atoms with Gasteiger partial charge in [-0.15, -0.1) is 0 Å². The van der Waals surface area contributed by atoms with E-state index in [0.29, 0.717) is 10.6 Å². The molecular formula is C23H20ClNO4S. The number of sulfone groups is 1. The lowest BCUT2D eigenvalue weighted by Crippen LogP contribution is -2.27. The molecule has 3 aromatic rings. The van der Waals surface area contributed by atoms with Crippen molar-refractivity contribution >= 4 is 33.1 Å².